The number of hydrogen-bond acceptors (Lipinski definition) is 4. The number of pyridine rings is 1. The average molecular weight is 279 g/mol. The van der Waals surface area contributed by atoms with Gasteiger partial charge in [-0.25, -0.2) is 4.98 Å². The summed E-state index contributed by atoms with van der Waals surface area (Å²) < 4.78 is 0. The number of aromatic nitrogens is 1. The Hall–Kier alpha value is -2.11. The van der Waals surface area contributed by atoms with E-state index in [0.29, 0.717) is 18.2 Å². The van der Waals surface area contributed by atoms with Crippen molar-refractivity contribution in [1.82, 2.24) is 10.3 Å². The predicted molar refractivity (Wildman–Crippen MR) is 76.2 cm³/mol. The molecule has 0 aliphatic carbocycles. The molecule has 110 valence electrons. The number of carbonyl (C=O) groups excluding carboxylic acids is 1. The molecule has 0 bridgehead atoms. The molecule has 0 saturated carbocycles. The maximum Gasteiger partial charge on any atom is 0.303 e. The number of aliphatic carboxylic acids is 1. The molecule has 1 unspecified atom stereocenters. The van der Waals surface area contributed by atoms with E-state index in [4.69, 9.17) is 10.8 Å². The molecule has 6 heteroatoms. The van der Waals surface area contributed by atoms with Crippen LogP contribution >= 0.6 is 0 Å². The minimum atomic E-state index is -0.859. The minimum absolute atomic E-state index is 0.0379. The first kappa shape index (κ1) is 15.9. The highest BCUT2D eigenvalue weighted by Crippen LogP contribution is 2.15. The molecule has 0 aliphatic rings. The summed E-state index contributed by atoms with van der Waals surface area (Å²) in [5, 5.41) is 11.6. The SMILES string of the molecule is CC(C)CC(CNC(=O)c1ncccc1N)CC(=O)O. The molecule has 20 heavy (non-hydrogen) atoms. The Morgan fingerprint density at radius 1 is 1.45 bits per heavy atom. The van der Waals surface area contributed by atoms with Crippen molar-refractivity contribution in [2.24, 2.45) is 11.8 Å². The van der Waals surface area contributed by atoms with Gasteiger partial charge in [-0.3, -0.25) is 9.59 Å². The van der Waals surface area contributed by atoms with Gasteiger partial charge in [0, 0.05) is 19.2 Å². The van der Waals surface area contributed by atoms with Crippen molar-refractivity contribution in [3.63, 3.8) is 0 Å². The molecular formula is C14H21N3O3. The molecular weight excluding hydrogens is 258 g/mol. The van der Waals surface area contributed by atoms with Gasteiger partial charge in [0.2, 0.25) is 0 Å². The summed E-state index contributed by atoms with van der Waals surface area (Å²) in [6, 6.07) is 3.25. The fourth-order valence-electron chi connectivity index (χ4n) is 2.08. The number of amides is 1. The third-order valence-electron chi connectivity index (χ3n) is 2.87. The van der Waals surface area contributed by atoms with Gasteiger partial charge in [-0.2, -0.15) is 0 Å². The first-order valence-electron chi connectivity index (χ1n) is 6.60. The van der Waals surface area contributed by atoms with Crippen molar-refractivity contribution < 1.29 is 14.7 Å². The van der Waals surface area contributed by atoms with Crippen LogP contribution in [-0.2, 0) is 4.79 Å². The minimum Gasteiger partial charge on any atom is -0.481 e. The zero-order valence-electron chi connectivity index (χ0n) is 11.8. The maximum absolute atomic E-state index is 11.9. The van der Waals surface area contributed by atoms with Crippen LogP contribution in [0.25, 0.3) is 0 Å². The second-order valence-corrected chi connectivity index (χ2v) is 5.24. The monoisotopic (exact) mass is 279 g/mol. The van der Waals surface area contributed by atoms with E-state index in [2.05, 4.69) is 10.3 Å². The van der Waals surface area contributed by atoms with Gasteiger partial charge in [0.05, 0.1) is 5.69 Å². The first-order valence-corrected chi connectivity index (χ1v) is 6.60. The van der Waals surface area contributed by atoms with Crippen molar-refractivity contribution >= 4 is 17.6 Å². The van der Waals surface area contributed by atoms with Gasteiger partial charge in [-0.05, 0) is 30.4 Å². The maximum atomic E-state index is 11.9. The van der Waals surface area contributed by atoms with Crippen LogP contribution in [-0.4, -0.2) is 28.5 Å². The average Bonchev–Trinajstić information content (AvgIpc) is 2.34. The summed E-state index contributed by atoms with van der Waals surface area (Å²) in [5.74, 6) is -0.956. The van der Waals surface area contributed by atoms with Crippen LogP contribution in [0.15, 0.2) is 18.3 Å². The predicted octanol–water partition coefficient (Wildman–Crippen LogP) is 1.53. The van der Waals surface area contributed by atoms with Gasteiger partial charge in [-0.15, -0.1) is 0 Å². The van der Waals surface area contributed by atoms with Crippen LogP contribution in [0.4, 0.5) is 5.69 Å². The van der Waals surface area contributed by atoms with E-state index < -0.39 is 5.97 Å². The fraction of sp³-hybridized carbons (Fsp3) is 0.500. The van der Waals surface area contributed by atoms with E-state index in [1.165, 1.54) is 6.20 Å². The molecule has 0 saturated heterocycles. The number of anilines is 1. The van der Waals surface area contributed by atoms with Crippen LogP contribution in [0.5, 0.6) is 0 Å². The van der Waals surface area contributed by atoms with Gasteiger partial charge in [0.1, 0.15) is 0 Å². The zero-order chi connectivity index (χ0) is 15.1. The molecule has 1 atom stereocenters. The van der Waals surface area contributed by atoms with Crippen LogP contribution < -0.4 is 11.1 Å². The summed E-state index contributed by atoms with van der Waals surface area (Å²) in [4.78, 5) is 26.7. The summed E-state index contributed by atoms with van der Waals surface area (Å²) in [6.07, 6.45) is 2.27. The number of nitrogens with zero attached hydrogens (tertiary/aromatic N) is 1. The number of carboxylic acid groups (broad SMARTS) is 1. The third kappa shape index (κ3) is 5.26. The number of carbonyl (C=O) groups is 2. The van der Waals surface area contributed by atoms with Crippen molar-refractivity contribution in [3.8, 4) is 0 Å². The molecule has 0 spiro atoms. The molecule has 1 amide bonds. The van der Waals surface area contributed by atoms with Gasteiger partial charge in [0.15, 0.2) is 5.69 Å². The summed E-state index contributed by atoms with van der Waals surface area (Å²) >= 11 is 0. The fourth-order valence-corrected chi connectivity index (χ4v) is 2.08. The van der Waals surface area contributed by atoms with Crippen molar-refractivity contribution in [2.45, 2.75) is 26.7 Å². The van der Waals surface area contributed by atoms with Crippen LogP contribution in [0.1, 0.15) is 37.2 Å². The lowest BCUT2D eigenvalue weighted by Gasteiger charge is -2.17. The summed E-state index contributed by atoms with van der Waals surface area (Å²) in [6.45, 7) is 4.35. The van der Waals surface area contributed by atoms with E-state index in [0.717, 1.165) is 6.42 Å². The highest BCUT2D eigenvalue weighted by molar-refractivity contribution is 5.96. The second kappa shape index (κ2) is 7.47. The van der Waals surface area contributed by atoms with E-state index >= 15 is 0 Å². The molecule has 1 aromatic rings. The second-order valence-electron chi connectivity index (χ2n) is 5.24. The molecule has 1 aromatic heterocycles. The van der Waals surface area contributed by atoms with Crippen molar-refractivity contribution in [3.05, 3.63) is 24.0 Å². The summed E-state index contributed by atoms with van der Waals surface area (Å²) in [5.41, 5.74) is 6.15. The highest BCUT2D eigenvalue weighted by atomic mass is 16.4. The number of carboxylic acids is 1. The Morgan fingerprint density at radius 2 is 2.15 bits per heavy atom. The lowest BCUT2D eigenvalue weighted by atomic mass is 9.94. The molecule has 4 N–H and O–H groups in total. The molecule has 0 aliphatic heterocycles. The van der Waals surface area contributed by atoms with E-state index in [-0.39, 0.29) is 23.9 Å². The molecule has 6 nitrogen and oxygen atoms in total. The van der Waals surface area contributed by atoms with Gasteiger partial charge in [0.25, 0.3) is 5.91 Å². The first-order chi connectivity index (χ1) is 9.40. The number of rotatable bonds is 7. The molecule has 0 aromatic carbocycles. The number of nitrogens with one attached hydrogen (secondary N) is 1. The van der Waals surface area contributed by atoms with Crippen LogP contribution in [0.3, 0.4) is 0 Å². The number of hydrogen-bond donors (Lipinski definition) is 3. The smallest absolute Gasteiger partial charge is 0.303 e. The topological polar surface area (TPSA) is 105 Å². The number of nitrogen functional groups attached to an aromatic ring is 1. The Balaban J connectivity index is 2.60. The van der Waals surface area contributed by atoms with E-state index in [1.54, 1.807) is 12.1 Å². The highest BCUT2D eigenvalue weighted by Gasteiger charge is 2.17. The van der Waals surface area contributed by atoms with Gasteiger partial charge >= 0.3 is 5.97 Å². The van der Waals surface area contributed by atoms with Crippen LogP contribution in [0.2, 0.25) is 0 Å². The molecule has 1 rings (SSSR count). The van der Waals surface area contributed by atoms with Gasteiger partial charge in [-0.1, -0.05) is 13.8 Å². The lowest BCUT2D eigenvalue weighted by Crippen LogP contribution is -2.32. The Kier molecular flexibility index (Phi) is 5.96. The molecule has 0 radical (unpaired) electrons. The van der Waals surface area contributed by atoms with Gasteiger partial charge < -0.3 is 16.2 Å². The Morgan fingerprint density at radius 3 is 2.70 bits per heavy atom. The number of nitrogens with two attached hydrogens (primary N) is 1. The quantitative estimate of drug-likeness (QED) is 0.702. The molecule has 0 fully saturated rings. The Bertz CT molecular complexity index is 474. The zero-order valence-corrected chi connectivity index (χ0v) is 11.8. The Labute approximate surface area is 118 Å². The summed E-state index contributed by atoms with van der Waals surface area (Å²) in [7, 11) is 0. The lowest BCUT2D eigenvalue weighted by molar-refractivity contribution is -0.138. The van der Waals surface area contributed by atoms with Crippen molar-refractivity contribution in [2.75, 3.05) is 12.3 Å². The van der Waals surface area contributed by atoms with Crippen LogP contribution in [0, 0.1) is 11.8 Å². The normalized spacial score (nSPS) is 12.2. The molecule has 1 heterocycles. The third-order valence-corrected chi connectivity index (χ3v) is 2.87. The van der Waals surface area contributed by atoms with E-state index in [9.17, 15) is 9.59 Å². The standard InChI is InChI=1S/C14H21N3O3/c1-9(2)6-10(7-12(18)19)8-17-14(20)13-11(15)4-3-5-16-13/h3-5,9-10H,6-8,15H2,1-2H3,(H,17,20)(H,18,19). The van der Waals surface area contributed by atoms with E-state index in [1.807, 2.05) is 13.8 Å². The largest absolute Gasteiger partial charge is 0.481 e. The van der Waals surface area contributed by atoms with Crippen molar-refractivity contribution in [1.29, 1.82) is 0 Å².